The van der Waals surface area contributed by atoms with Gasteiger partial charge in [-0.15, -0.1) is 28.5 Å². The Bertz CT molecular complexity index is 261. The summed E-state index contributed by atoms with van der Waals surface area (Å²) in [5, 5.41) is 8.76. The van der Waals surface area contributed by atoms with Crippen molar-refractivity contribution >= 4 is 11.8 Å². The number of nitrogens with zero attached hydrogens (tertiary/aromatic N) is 2. The summed E-state index contributed by atoms with van der Waals surface area (Å²) >= 11 is 1.60. The van der Waals surface area contributed by atoms with Gasteiger partial charge in [-0.05, 0) is 13.0 Å². The molecule has 0 aliphatic rings. The molecule has 4 heteroatoms. The number of hydrogen-bond acceptors (Lipinski definition) is 4. The van der Waals surface area contributed by atoms with Crippen molar-refractivity contribution in [2.24, 2.45) is 0 Å². The van der Waals surface area contributed by atoms with Crippen LogP contribution in [-0.2, 0) is 0 Å². The third kappa shape index (κ3) is 3.46. The molecule has 13 heavy (non-hydrogen) atoms. The van der Waals surface area contributed by atoms with Gasteiger partial charge in [-0.25, -0.2) is 0 Å². The Kier molecular flexibility index (Phi) is 4.32. The molecule has 0 fully saturated rings. The highest BCUT2D eigenvalue weighted by molar-refractivity contribution is 7.99. The van der Waals surface area contributed by atoms with Crippen LogP contribution in [0.25, 0.3) is 0 Å². The molecule has 0 aliphatic carbocycles. The Labute approximate surface area is 82.2 Å². The van der Waals surface area contributed by atoms with Crippen molar-refractivity contribution < 1.29 is 4.74 Å². The monoisotopic (exact) mass is 196 g/mol. The molecule has 1 rings (SSSR count). The highest BCUT2D eigenvalue weighted by Gasteiger charge is 1.96. The summed E-state index contributed by atoms with van der Waals surface area (Å²) in [4.78, 5) is 0. The number of rotatable bonds is 5. The molecule has 0 bridgehead atoms. The molecule has 70 valence electrons. The molecule has 0 radical (unpaired) electrons. The first-order valence-corrected chi connectivity index (χ1v) is 5.05. The minimum Gasteiger partial charge on any atom is -0.477 e. The first-order valence-electron chi connectivity index (χ1n) is 4.07. The van der Waals surface area contributed by atoms with Gasteiger partial charge in [0.15, 0.2) is 0 Å². The van der Waals surface area contributed by atoms with E-state index in [1.54, 1.807) is 11.8 Å². The van der Waals surface area contributed by atoms with Crippen LogP contribution in [0, 0.1) is 0 Å². The Hall–Kier alpha value is -1.03. The van der Waals surface area contributed by atoms with E-state index in [1.165, 1.54) is 0 Å². The highest BCUT2D eigenvalue weighted by Crippen LogP contribution is 2.15. The van der Waals surface area contributed by atoms with Crippen LogP contribution in [0.5, 0.6) is 5.88 Å². The minimum atomic E-state index is 0.574. The molecule has 0 aliphatic heterocycles. The van der Waals surface area contributed by atoms with Gasteiger partial charge in [0.2, 0.25) is 5.88 Å². The van der Waals surface area contributed by atoms with Crippen molar-refractivity contribution in [2.45, 2.75) is 11.9 Å². The average Bonchev–Trinajstić information content (AvgIpc) is 2.17. The Balaban J connectivity index is 2.53. The van der Waals surface area contributed by atoms with Crippen LogP contribution in [-0.4, -0.2) is 22.6 Å². The summed E-state index contributed by atoms with van der Waals surface area (Å²) in [5.41, 5.74) is 0. The molecule has 0 aromatic carbocycles. The summed E-state index contributed by atoms with van der Waals surface area (Å²) in [6, 6.07) is 3.72. The van der Waals surface area contributed by atoms with Crippen LogP contribution in [0.15, 0.2) is 29.8 Å². The maximum absolute atomic E-state index is 5.16. The zero-order chi connectivity index (χ0) is 9.52. The second-order valence-electron chi connectivity index (χ2n) is 2.24. The second-order valence-corrected chi connectivity index (χ2v) is 3.28. The van der Waals surface area contributed by atoms with Gasteiger partial charge < -0.3 is 4.74 Å². The van der Waals surface area contributed by atoms with E-state index in [9.17, 15) is 0 Å². The van der Waals surface area contributed by atoms with E-state index in [4.69, 9.17) is 4.74 Å². The van der Waals surface area contributed by atoms with E-state index in [2.05, 4.69) is 16.8 Å². The molecule has 0 saturated heterocycles. The Morgan fingerprint density at radius 1 is 1.54 bits per heavy atom. The first kappa shape index (κ1) is 10.1. The fraction of sp³-hybridized carbons (Fsp3) is 0.333. The summed E-state index contributed by atoms with van der Waals surface area (Å²) in [6.07, 6.45) is 1.84. The molecule has 1 aromatic rings. The van der Waals surface area contributed by atoms with Crippen molar-refractivity contribution in [2.75, 3.05) is 12.4 Å². The maximum atomic E-state index is 5.16. The number of thioether (sulfide) groups is 1. The summed E-state index contributed by atoms with van der Waals surface area (Å²) in [5.74, 6) is 1.42. The minimum absolute atomic E-state index is 0.574. The molecule has 0 atom stereocenters. The van der Waals surface area contributed by atoms with Gasteiger partial charge in [0.25, 0.3) is 0 Å². The predicted octanol–water partition coefficient (Wildman–Crippen LogP) is 2.15. The van der Waals surface area contributed by atoms with Crippen LogP contribution in [0.2, 0.25) is 0 Å². The van der Waals surface area contributed by atoms with Gasteiger partial charge in [0.05, 0.1) is 6.61 Å². The van der Waals surface area contributed by atoms with E-state index in [1.807, 2.05) is 25.1 Å². The molecular weight excluding hydrogens is 184 g/mol. The SMILES string of the molecule is C=CCSc1ccc(OCC)nn1. The summed E-state index contributed by atoms with van der Waals surface area (Å²) < 4.78 is 5.16. The van der Waals surface area contributed by atoms with Crippen molar-refractivity contribution in [3.8, 4) is 5.88 Å². The Morgan fingerprint density at radius 2 is 2.38 bits per heavy atom. The lowest BCUT2D eigenvalue weighted by Crippen LogP contribution is -1.96. The van der Waals surface area contributed by atoms with Crippen molar-refractivity contribution in [1.82, 2.24) is 10.2 Å². The number of ether oxygens (including phenoxy) is 1. The van der Waals surface area contributed by atoms with Crippen LogP contribution < -0.4 is 4.74 Å². The number of hydrogen-bond donors (Lipinski definition) is 0. The van der Waals surface area contributed by atoms with E-state index in [0.717, 1.165) is 10.8 Å². The van der Waals surface area contributed by atoms with Gasteiger partial charge in [-0.2, -0.15) is 0 Å². The van der Waals surface area contributed by atoms with Gasteiger partial charge in [0.1, 0.15) is 5.03 Å². The van der Waals surface area contributed by atoms with E-state index in [0.29, 0.717) is 12.5 Å². The van der Waals surface area contributed by atoms with Crippen molar-refractivity contribution in [3.05, 3.63) is 24.8 Å². The Morgan fingerprint density at radius 3 is 2.92 bits per heavy atom. The lowest BCUT2D eigenvalue weighted by atomic mass is 10.6. The van der Waals surface area contributed by atoms with Crippen molar-refractivity contribution in [3.63, 3.8) is 0 Å². The quantitative estimate of drug-likeness (QED) is 0.534. The normalized spacial score (nSPS) is 9.62. The first-order chi connectivity index (χ1) is 6.36. The molecule has 0 spiro atoms. The standard InChI is InChI=1S/C9H12N2OS/c1-3-7-13-9-6-5-8(10-11-9)12-4-2/h3,5-6H,1,4,7H2,2H3. The lowest BCUT2D eigenvalue weighted by molar-refractivity contribution is 0.321. The topological polar surface area (TPSA) is 35.0 Å². The van der Waals surface area contributed by atoms with Gasteiger partial charge in [-0.1, -0.05) is 6.08 Å². The van der Waals surface area contributed by atoms with Gasteiger partial charge in [-0.3, -0.25) is 0 Å². The van der Waals surface area contributed by atoms with E-state index >= 15 is 0 Å². The summed E-state index contributed by atoms with van der Waals surface area (Å²) in [6.45, 7) is 6.17. The zero-order valence-electron chi connectivity index (χ0n) is 7.56. The molecule has 0 N–H and O–H groups in total. The fourth-order valence-electron chi connectivity index (χ4n) is 0.754. The van der Waals surface area contributed by atoms with Crippen molar-refractivity contribution in [1.29, 1.82) is 0 Å². The van der Waals surface area contributed by atoms with Crippen LogP contribution in [0.1, 0.15) is 6.92 Å². The maximum Gasteiger partial charge on any atom is 0.233 e. The smallest absolute Gasteiger partial charge is 0.233 e. The van der Waals surface area contributed by atoms with Crippen LogP contribution in [0.4, 0.5) is 0 Å². The van der Waals surface area contributed by atoms with Gasteiger partial charge in [0, 0.05) is 11.8 Å². The lowest BCUT2D eigenvalue weighted by Gasteiger charge is -2.00. The van der Waals surface area contributed by atoms with E-state index in [-0.39, 0.29) is 0 Å². The number of aromatic nitrogens is 2. The fourth-order valence-corrected chi connectivity index (χ4v) is 1.31. The third-order valence-corrected chi connectivity index (χ3v) is 2.17. The van der Waals surface area contributed by atoms with Gasteiger partial charge >= 0.3 is 0 Å². The van der Waals surface area contributed by atoms with Crippen LogP contribution in [0.3, 0.4) is 0 Å². The molecule has 0 unspecified atom stereocenters. The molecule has 0 amide bonds. The molecule has 1 heterocycles. The van der Waals surface area contributed by atoms with E-state index < -0.39 is 0 Å². The predicted molar refractivity (Wildman–Crippen MR) is 54.1 cm³/mol. The van der Waals surface area contributed by atoms with Crippen LogP contribution >= 0.6 is 11.8 Å². The highest BCUT2D eigenvalue weighted by atomic mass is 32.2. The summed E-state index contributed by atoms with van der Waals surface area (Å²) in [7, 11) is 0. The molecule has 3 nitrogen and oxygen atoms in total. The largest absolute Gasteiger partial charge is 0.477 e. The zero-order valence-corrected chi connectivity index (χ0v) is 8.38. The molecule has 1 aromatic heterocycles. The average molecular weight is 196 g/mol. The molecule has 0 saturated carbocycles. The third-order valence-electron chi connectivity index (χ3n) is 1.26. The molecular formula is C9H12N2OS. The second kappa shape index (κ2) is 5.59.